The lowest BCUT2D eigenvalue weighted by molar-refractivity contribution is -0.141. The number of aliphatic carboxylic acids is 1. The van der Waals surface area contributed by atoms with Gasteiger partial charge in [0.05, 0.1) is 18.0 Å². The zero-order valence-corrected chi connectivity index (χ0v) is 9.78. The summed E-state index contributed by atoms with van der Waals surface area (Å²) in [6.07, 6.45) is 2.31. The summed E-state index contributed by atoms with van der Waals surface area (Å²) >= 11 is 0. The van der Waals surface area contributed by atoms with Crippen molar-refractivity contribution in [1.29, 1.82) is 0 Å². The summed E-state index contributed by atoms with van der Waals surface area (Å²) in [6.45, 7) is 0.0169. The predicted molar refractivity (Wildman–Crippen MR) is 61.0 cm³/mol. The molecule has 2 rings (SSSR count). The number of hydrogen-bond donors (Lipinski definition) is 3. The second kappa shape index (κ2) is 4.65. The van der Waals surface area contributed by atoms with E-state index in [0.29, 0.717) is 5.69 Å². The number of carbonyl (C=O) groups is 2. The van der Waals surface area contributed by atoms with E-state index < -0.39 is 24.1 Å². The van der Waals surface area contributed by atoms with Crippen molar-refractivity contribution in [2.24, 2.45) is 7.05 Å². The van der Waals surface area contributed by atoms with E-state index in [2.05, 4.69) is 10.4 Å². The Morgan fingerprint density at radius 3 is 2.83 bits per heavy atom. The van der Waals surface area contributed by atoms with Crippen molar-refractivity contribution < 1.29 is 19.8 Å². The minimum atomic E-state index is -1.12. The Morgan fingerprint density at radius 2 is 2.28 bits per heavy atom. The molecule has 98 valence electrons. The molecule has 18 heavy (non-hydrogen) atoms. The SMILES string of the molecule is Cn1cc(NC(=O)N2C[C@H](O)C[C@H]2C(=O)O)cn1. The third-order valence-corrected chi connectivity index (χ3v) is 2.78. The van der Waals surface area contributed by atoms with E-state index in [0.717, 1.165) is 4.90 Å². The van der Waals surface area contributed by atoms with Crippen molar-refractivity contribution in [3.8, 4) is 0 Å². The number of likely N-dealkylation sites (tertiary alicyclic amines) is 1. The molecule has 8 heteroatoms. The van der Waals surface area contributed by atoms with Gasteiger partial charge in [-0.3, -0.25) is 4.68 Å². The maximum Gasteiger partial charge on any atom is 0.326 e. The summed E-state index contributed by atoms with van der Waals surface area (Å²) < 4.78 is 1.52. The van der Waals surface area contributed by atoms with Gasteiger partial charge in [0, 0.05) is 26.2 Å². The Morgan fingerprint density at radius 1 is 1.56 bits per heavy atom. The highest BCUT2D eigenvalue weighted by Crippen LogP contribution is 2.19. The van der Waals surface area contributed by atoms with Gasteiger partial charge in [-0.2, -0.15) is 5.10 Å². The monoisotopic (exact) mass is 254 g/mol. The molecule has 1 aliphatic heterocycles. The molecule has 0 unspecified atom stereocenters. The lowest BCUT2D eigenvalue weighted by Crippen LogP contribution is -2.42. The minimum absolute atomic E-state index is 0.0169. The molecule has 2 heterocycles. The van der Waals surface area contributed by atoms with Gasteiger partial charge in [0.15, 0.2) is 0 Å². The Bertz CT molecular complexity index is 472. The largest absolute Gasteiger partial charge is 0.480 e. The number of amides is 2. The Balaban J connectivity index is 2.06. The summed E-state index contributed by atoms with van der Waals surface area (Å²) in [5, 5.41) is 24.8. The van der Waals surface area contributed by atoms with Gasteiger partial charge >= 0.3 is 12.0 Å². The van der Waals surface area contributed by atoms with Crippen LogP contribution >= 0.6 is 0 Å². The third-order valence-electron chi connectivity index (χ3n) is 2.78. The van der Waals surface area contributed by atoms with Gasteiger partial charge in [-0.25, -0.2) is 9.59 Å². The number of aliphatic hydroxyl groups excluding tert-OH is 1. The van der Waals surface area contributed by atoms with Crippen molar-refractivity contribution in [2.45, 2.75) is 18.6 Å². The molecule has 0 saturated carbocycles. The van der Waals surface area contributed by atoms with Crippen LogP contribution in [-0.2, 0) is 11.8 Å². The van der Waals surface area contributed by atoms with Crippen molar-refractivity contribution in [1.82, 2.24) is 14.7 Å². The molecule has 1 aliphatic rings. The van der Waals surface area contributed by atoms with E-state index in [4.69, 9.17) is 5.11 Å². The molecular formula is C10H14N4O4. The molecule has 1 fully saturated rings. The molecule has 1 saturated heterocycles. The number of carboxylic acids is 1. The lowest BCUT2D eigenvalue weighted by Gasteiger charge is -2.20. The number of urea groups is 1. The number of nitrogens with zero attached hydrogens (tertiary/aromatic N) is 3. The number of rotatable bonds is 2. The molecule has 2 amide bonds. The Kier molecular flexibility index (Phi) is 3.19. The zero-order chi connectivity index (χ0) is 13.3. The van der Waals surface area contributed by atoms with E-state index in [1.165, 1.54) is 10.9 Å². The molecule has 1 aromatic rings. The van der Waals surface area contributed by atoms with Crippen LogP contribution in [0.4, 0.5) is 10.5 Å². The van der Waals surface area contributed by atoms with E-state index in [9.17, 15) is 14.7 Å². The van der Waals surface area contributed by atoms with Crippen LogP contribution in [0.2, 0.25) is 0 Å². The molecule has 3 N–H and O–H groups in total. The van der Waals surface area contributed by atoms with Gasteiger partial charge in [-0.1, -0.05) is 0 Å². The van der Waals surface area contributed by atoms with Gasteiger partial charge in [0.2, 0.25) is 0 Å². The van der Waals surface area contributed by atoms with Crippen LogP contribution in [0, 0.1) is 0 Å². The number of aryl methyl sites for hydroxylation is 1. The number of aromatic nitrogens is 2. The van der Waals surface area contributed by atoms with E-state index in [1.54, 1.807) is 13.2 Å². The fourth-order valence-corrected chi connectivity index (χ4v) is 1.95. The minimum Gasteiger partial charge on any atom is -0.480 e. The highest BCUT2D eigenvalue weighted by Gasteiger charge is 2.39. The van der Waals surface area contributed by atoms with Crippen LogP contribution in [0.5, 0.6) is 0 Å². The molecular weight excluding hydrogens is 240 g/mol. The number of carboxylic acid groups (broad SMARTS) is 1. The maximum atomic E-state index is 11.9. The molecule has 2 atom stereocenters. The number of hydrogen-bond acceptors (Lipinski definition) is 4. The second-order valence-corrected chi connectivity index (χ2v) is 4.23. The highest BCUT2D eigenvalue weighted by atomic mass is 16.4. The van der Waals surface area contributed by atoms with E-state index in [1.807, 2.05) is 0 Å². The molecule has 0 bridgehead atoms. The van der Waals surface area contributed by atoms with Gasteiger partial charge in [0.25, 0.3) is 0 Å². The highest BCUT2D eigenvalue weighted by molar-refractivity contribution is 5.92. The molecule has 8 nitrogen and oxygen atoms in total. The van der Waals surface area contributed by atoms with Crippen LogP contribution < -0.4 is 5.32 Å². The number of carbonyl (C=O) groups excluding carboxylic acids is 1. The molecule has 0 aliphatic carbocycles. The van der Waals surface area contributed by atoms with Gasteiger partial charge in [0.1, 0.15) is 6.04 Å². The van der Waals surface area contributed by atoms with E-state index in [-0.39, 0.29) is 13.0 Å². The topological polar surface area (TPSA) is 108 Å². The van der Waals surface area contributed by atoms with Crippen molar-refractivity contribution in [3.63, 3.8) is 0 Å². The summed E-state index contributed by atoms with van der Waals surface area (Å²) in [4.78, 5) is 24.0. The number of anilines is 1. The maximum absolute atomic E-state index is 11.9. The molecule has 0 radical (unpaired) electrons. The van der Waals surface area contributed by atoms with Gasteiger partial charge in [-0.15, -0.1) is 0 Å². The van der Waals surface area contributed by atoms with Crippen molar-refractivity contribution in [3.05, 3.63) is 12.4 Å². The first-order chi connectivity index (χ1) is 8.47. The zero-order valence-electron chi connectivity index (χ0n) is 9.78. The van der Waals surface area contributed by atoms with Crippen LogP contribution in [0.3, 0.4) is 0 Å². The lowest BCUT2D eigenvalue weighted by atomic mass is 10.2. The van der Waals surface area contributed by atoms with Crippen LogP contribution in [0.15, 0.2) is 12.4 Å². The number of β-amino-alcohol motifs (C(OH)–C–C–N with tert-alkyl or cyclic N) is 1. The predicted octanol–water partition coefficient (Wildman–Crippen LogP) is -0.528. The molecule has 1 aromatic heterocycles. The first kappa shape index (κ1) is 12.4. The average molecular weight is 254 g/mol. The number of nitrogens with one attached hydrogen (secondary N) is 1. The fraction of sp³-hybridized carbons (Fsp3) is 0.500. The summed E-state index contributed by atoms with van der Waals surface area (Å²) in [6, 6.07) is -1.54. The van der Waals surface area contributed by atoms with E-state index >= 15 is 0 Å². The summed E-state index contributed by atoms with van der Waals surface area (Å²) in [5.74, 6) is -1.12. The quantitative estimate of drug-likeness (QED) is 0.657. The number of aliphatic hydroxyl groups is 1. The average Bonchev–Trinajstić information content (AvgIpc) is 2.85. The standard InChI is InChI=1S/C10H14N4O4/c1-13-4-6(3-11-13)12-10(18)14-5-7(15)2-8(14)9(16)17/h3-4,7-8,15H,2,5H2,1H3,(H,12,18)(H,16,17)/t7-,8+/m1/s1. The Labute approximate surface area is 103 Å². The molecule has 0 spiro atoms. The third kappa shape index (κ3) is 2.43. The van der Waals surface area contributed by atoms with Crippen molar-refractivity contribution >= 4 is 17.7 Å². The second-order valence-electron chi connectivity index (χ2n) is 4.23. The smallest absolute Gasteiger partial charge is 0.326 e. The van der Waals surface area contributed by atoms with Gasteiger partial charge in [-0.05, 0) is 0 Å². The van der Waals surface area contributed by atoms with Crippen molar-refractivity contribution in [2.75, 3.05) is 11.9 Å². The summed E-state index contributed by atoms with van der Waals surface area (Å²) in [5.41, 5.74) is 0.480. The summed E-state index contributed by atoms with van der Waals surface area (Å²) in [7, 11) is 1.70. The van der Waals surface area contributed by atoms with Crippen LogP contribution in [-0.4, -0.2) is 55.6 Å². The molecule has 0 aromatic carbocycles. The van der Waals surface area contributed by atoms with Gasteiger partial charge < -0.3 is 20.4 Å². The fourth-order valence-electron chi connectivity index (χ4n) is 1.95. The first-order valence-electron chi connectivity index (χ1n) is 5.44. The normalized spacial score (nSPS) is 23.1. The first-order valence-corrected chi connectivity index (χ1v) is 5.44. The van der Waals surface area contributed by atoms with Crippen LogP contribution in [0.1, 0.15) is 6.42 Å². The van der Waals surface area contributed by atoms with Crippen LogP contribution in [0.25, 0.3) is 0 Å². The Hall–Kier alpha value is -2.09.